The lowest BCUT2D eigenvalue weighted by molar-refractivity contribution is 0.0546. The third-order valence-electron chi connectivity index (χ3n) is 4.87. The largest absolute Gasteiger partial charge is 0.375 e. The van der Waals surface area contributed by atoms with E-state index in [2.05, 4.69) is 21.7 Å². The predicted octanol–water partition coefficient (Wildman–Crippen LogP) is 1.37. The fourth-order valence-corrected chi connectivity index (χ4v) is 6.06. The first-order chi connectivity index (χ1) is 10.6. The van der Waals surface area contributed by atoms with Crippen LogP contribution < -0.4 is 0 Å². The van der Waals surface area contributed by atoms with E-state index in [-0.39, 0.29) is 11.4 Å². The molecule has 0 radical (unpaired) electrons. The molecule has 1 saturated carbocycles. The molecule has 2 aliphatic heterocycles. The zero-order valence-electron chi connectivity index (χ0n) is 12.6. The van der Waals surface area contributed by atoms with Crippen LogP contribution in [0.5, 0.6) is 0 Å². The molecule has 22 heavy (non-hydrogen) atoms. The monoisotopic (exact) mass is 342 g/mol. The maximum absolute atomic E-state index is 12.4. The van der Waals surface area contributed by atoms with E-state index in [4.69, 9.17) is 4.74 Å². The van der Waals surface area contributed by atoms with Gasteiger partial charge in [0.15, 0.2) is 0 Å². The molecule has 4 rings (SSSR count). The van der Waals surface area contributed by atoms with E-state index >= 15 is 0 Å². The van der Waals surface area contributed by atoms with Crippen molar-refractivity contribution in [2.24, 2.45) is 5.92 Å². The lowest BCUT2D eigenvalue weighted by Gasteiger charge is -2.23. The molecule has 0 spiro atoms. The summed E-state index contributed by atoms with van der Waals surface area (Å²) in [4.78, 5) is 2.40. The van der Waals surface area contributed by atoms with Crippen molar-refractivity contribution in [3.63, 3.8) is 0 Å². The molecule has 0 bridgehead atoms. The van der Waals surface area contributed by atoms with Crippen LogP contribution in [0.3, 0.4) is 0 Å². The summed E-state index contributed by atoms with van der Waals surface area (Å²) in [5.41, 5.74) is 1.34. The van der Waals surface area contributed by atoms with E-state index in [0.29, 0.717) is 25.6 Å². The Bertz CT molecular complexity index is 613. The van der Waals surface area contributed by atoms with Crippen LogP contribution in [0.25, 0.3) is 0 Å². The van der Waals surface area contributed by atoms with Crippen molar-refractivity contribution in [1.82, 2.24) is 9.21 Å². The molecule has 122 valence electrons. The molecular formula is C15H22N2O3S2. The van der Waals surface area contributed by atoms with Gasteiger partial charge < -0.3 is 4.74 Å². The lowest BCUT2D eigenvalue weighted by Crippen LogP contribution is -2.35. The van der Waals surface area contributed by atoms with Crippen molar-refractivity contribution in [3.8, 4) is 0 Å². The minimum absolute atomic E-state index is 0.0704. The molecule has 5 nitrogen and oxygen atoms in total. The molecule has 1 aromatic rings. The third-order valence-corrected chi connectivity index (χ3v) is 7.94. The minimum atomic E-state index is -3.07. The van der Waals surface area contributed by atoms with Crippen molar-refractivity contribution >= 4 is 21.4 Å². The van der Waals surface area contributed by atoms with Gasteiger partial charge in [-0.1, -0.05) is 0 Å². The summed E-state index contributed by atoms with van der Waals surface area (Å²) < 4.78 is 32.5. The van der Waals surface area contributed by atoms with Crippen molar-refractivity contribution in [3.05, 3.63) is 22.4 Å². The molecule has 0 amide bonds. The summed E-state index contributed by atoms with van der Waals surface area (Å²) in [7, 11) is -3.07. The molecule has 3 aliphatic rings. The minimum Gasteiger partial charge on any atom is -0.375 e. The Morgan fingerprint density at radius 1 is 1.27 bits per heavy atom. The molecule has 0 N–H and O–H groups in total. The molecular weight excluding hydrogens is 320 g/mol. The summed E-state index contributed by atoms with van der Waals surface area (Å²) in [6, 6.07) is 2.16. The number of rotatable bonds is 4. The molecule has 1 aliphatic carbocycles. The van der Waals surface area contributed by atoms with Gasteiger partial charge in [0.05, 0.1) is 18.0 Å². The zero-order chi connectivity index (χ0) is 15.2. The number of sulfonamides is 1. The van der Waals surface area contributed by atoms with Gasteiger partial charge in [-0.25, -0.2) is 8.42 Å². The highest BCUT2D eigenvalue weighted by Gasteiger charge is 2.46. The van der Waals surface area contributed by atoms with Crippen molar-refractivity contribution in [2.45, 2.75) is 30.7 Å². The quantitative estimate of drug-likeness (QED) is 0.829. The van der Waals surface area contributed by atoms with Gasteiger partial charge in [-0.2, -0.15) is 15.6 Å². The average molecular weight is 342 g/mol. The molecule has 2 saturated heterocycles. The fourth-order valence-electron chi connectivity index (χ4n) is 3.49. The van der Waals surface area contributed by atoms with Gasteiger partial charge in [-0.05, 0) is 35.2 Å². The Balaban J connectivity index is 1.43. The van der Waals surface area contributed by atoms with E-state index in [9.17, 15) is 8.42 Å². The molecule has 3 fully saturated rings. The van der Waals surface area contributed by atoms with Crippen LogP contribution in [-0.2, 0) is 21.3 Å². The highest BCUT2D eigenvalue weighted by atomic mass is 32.2. The normalized spacial score (nSPS) is 31.1. The highest BCUT2D eigenvalue weighted by Crippen LogP contribution is 2.35. The van der Waals surface area contributed by atoms with Gasteiger partial charge in [0, 0.05) is 38.6 Å². The Hall–Kier alpha value is -0.470. The Kier molecular flexibility index (Phi) is 4.02. The summed E-state index contributed by atoms with van der Waals surface area (Å²) in [5, 5.41) is 4.17. The summed E-state index contributed by atoms with van der Waals surface area (Å²) in [6.45, 7) is 4.67. The molecule has 0 aromatic carbocycles. The first kappa shape index (κ1) is 15.1. The fraction of sp³-hybridized carbons (Fsp3) is 0.733. The van der Waals surface area contributed by atoms with Crippen LogP contribution in [0, 0.1) is 5.92 Å². The molecule has 7 heteroatoms. The van der Waals surface area contributed by atoms with Crippen molar-refractivity contribution in [1.29, 1.82) is 0 Å². The second-order valence-electron chi connectivity index (χ2n) is 6.60. The summed E-state index contributed by atoms with van der Waals surface area (Å²) in [6.07, 6.45) is 1.74. The van der Waals surface area contributed by atoms with Crippen molar-refractivity contribution < 1.29 is 13.2 Å². The van der Waals surface area contributed by atoms with Gasteiger partial charge in [0.1, 0.15) is 0 Å². The number of ether oxygens (including phenoxy) is 1. The SMILES string of the molecule is O=S(=O)(C1CC1)N1C[C@@H]2CN(Cc3ccsc3)CCO[C@@H]2C1. The van der Waals surface area contributed by atoms with E-state index in [1.165, 1.54) is 5.56 Å². The van der Waals surface area contributed by atoms with Gasteiger partial charge in [-0.3, -0.25) is 4.90 Å². The van der Waals surface area contributed by atoms with Gasteiger partial charge in [-0.15, -0.1) is 0 Å². The van der Waals surface area contributed by atoms with Crippen LogP contribution in [0.2, 0.25) is 0 Å². The number of hydrogen-bond acceptors (Lipinski definition) is 5. The predicted molar refractivity (Wildman–Crippen MR) is 86.3 cm³/mol. The summed E-state index contributed by atoms with van der Waals surface area (Å²) in [5.74, 6) is 0.301. The molecule has 1 aromatic heterocycles. The van der Waals surface area contributed by atoms with Gasteiger partial charge >= 0.3 is 0 Å². The van der Waals surface area contributed by atoms with E-state index in [0.717, 1.165) is 32.5 Å². The van der Waals surface area contributed by atoms with Crippen LogP contribution in [0.15, 0.2) is 16.8 Å². The second kappa shape index (κ2) is 5.87. The standard InChI is InChI=1S/C15H22N2O3S2/c18-22(19,14-1-2-14)17-9-13-8-16(4-5-20-15(13)10-17)7-12-3-6-21-11-12/h3,6,11,13-15H,1-2,4-5,7-10H2/t13-,15+/m0/s1. The first-order valence-electron chi connectivity index (χ1n) is 7.97. The Labute approximate surface area is 135 Å². The number of hydrogen-bond donors (Lipinski definition) is 0. The summed E-state index contributed by atoms with van der Waals surface area (Å²) >= 11 is 1.72. The first-order valence-corrected chi connectivity index (χ1v) is 10.4. The van der Waals surface area contributed by atoms with Crippen LogP contribution in [-0.4, -0.2) is 61.8 Å². The Morgan fingerprint density at radius 2 is 2.14 bits per heavy atom. The number of fused-ring (bicyclic) bond motifs is 1. The van der Waals surface area contributed by atoms with Crippen LogP contribution >= 0.6 is 11.3 Å². The van der Waals surface area contributed by atoms with Crippen LogP contribution in [0.1, 0.15) is 18.4 Å². The smallest absolute Gasteiger partial charge is 0.217 e. The molecule has 0 unspecified atom stereocenters. The molecule has 2 atom stereocenters. The Morgan fingerprint density at radius 3 is 2.86 bits per heavy atom. The zero-order valence-corrected chi connectivity index (χ0v) is 14.2. The molecule has 3 heterocycles. The maximum atomic E-state index is 12.4. The van der Waals surface area contributed by atoms with E-state index in [1.807, 2.05) is 0 Å². The lowest BCUT2D eigenvalue weighted by atomic mass is 10.1. The average Bonchev–Trinajstić information content (AvgIpc) is 3.16. The number of thiophene rings is 1. The topological polar surface area (TPSA) is 49.9 Å². The van der Waals surface area contributed by atoms with Crippen LogP contribution in [0.4, 0.5) is 0 Å². The second-order valence-corrected chi connectivity index (χ2v) is 9.59. The van der Waals surface area contributed by atoms with E-state index < -0.39 is 10.0 Å². The van der Waals surface area contributed by atoms with Crippen molar-refractivity contribution in [2.75, 3.05) is 32.8 Å². The van der Waals surface area contributed by atoms with Gasteiger partial charge in [0.2, 0.25) is 10.0 Å². The van der Waals surface area contributed by atoms with E-state index in [1.54, 1.807) is 15.6 Å². The van der Waals surface area contributed by atoms with Gasteiger partial charge in [0.25, 0.3) is 0 Å². The third kappa shape index (κ3) is 2.97. The maximum Gasteiger partial charge on any atom is 0.217 e. The highest BCUT2D eigenvalue weighted by molar-refractivity contribution is 7.90. The number of nitrogens with zero attached hydrogens (tertiary/aromatic N) is 2.